The van der Waals surface area contributed by atoms with Crippen LogP contribution in [0.25, 0.3) is 0 Å². The van der Waals surface area contributed by atoms with Crippen LogP contribution in [0.3, 0.4) is 0 Å². The van der Waals surface area contributed by atoms with Gasteiger partial charge in [-0.3, -0.25) is 0 Å². The summed E-state index contributed by atoms with van der Waals surface area (Å²) in [6, 6.07) is 13.2. The number of hydrogen-bond donors (Lipinski definition) is 0. The highest BCUT2D eigenvalue weighted by Gasteiger charge is 2.08. The van der Waals surface area contributed by atoms with Gasteiger partial charge in [-0.05, 0) is 48.7 Å². The standard InChI is InChI=1S/C18H17Cl2N3/c1-3-23(2)12-22-18-10-16(19)15(9-17(18)20)8-13-4-6-14(11-21)7-5-13/h4-7,9-10,12H,3,8H2,1-2H3. The van der Waals surface area contributed by atoms with E-state index >= 15 is 0 Å². The van der Waals surface area contributed by atoms with Crippen LogP contribution in [0.1, 0.15) is 23.6 Å². The fraction of sp³-hybridized carbons (Fsp3) is 0.222. The lowest BCUT2D eigenvalue weighted by Gasteiger charge is -2.10. The first kappa shape index (κ1) is 17.3. The van der Waals surface area contributed by atoms with Gasteiger partial charge in [-0.1, -0.05) is 35.3 Å². The van der Waals surface area contributed by atoms with Crippen molar-refractivity contribution in [1.29, 1.82) is 5.26 Å². The highest BCUT2D eigenvalue weighted by atomic mass is 35.5. The van der Waals surface area contributed by atoms with E-state index in [1.54, 1.807) is 24.5 Å². The van der Waals surface area contributed by atoms with Crippen molar-refractivity contribution in [3.05, 3.63) is 63.1 Å². The Bertz CT molecular complexity index is 746. The lowest BCUT2D eigenvalue weighted by molar-refractivity contribution is 0.552. The molecule has 3 nitrogen and oxygen atoms in total. The molecule has 0 radical (unpaired) electrons. The Kier molecular flexibility index (Phi) is 6.04. The third-order valence-electron chi connectivity index (χ3n) is 3.49. The number of aliphatic imine (C=N–C) groups is 1. The summed E-state index contributed by atoms with van der Waals surface area (Å²) in [5.74, 6) is 0. The molecule has 2 rings (SSSR count). The van der Waals surface area contributed by atoms with Gasteiger partial charge in [0.1, 0.15) is 0 Å². The van der Waals surface area contributed by atoms with E-state index in [0.29, 0.717) is 27.7 Å². The highest BCUT2D eigenvalue weighted by molar-refractivity contribution is 6.35. The molecule has 0 amide bonds. The average molecular weight is 346 g/mol. The van der Waals surface area contributed by atoms with Crippen molar-refractivity contribution in [3.8, 4) is 6.07 Å². The van der Waals surface area contributed by atoms with Crippen LogP contribution in [-0.4, -0.2) is 24.8 Å². The van der Waals surface area contributed by atoms with E-state index in [-0.39, 0.29) is 0 Å². The molecule has 0 aliphatic carbocycles. The van der Waals surface area contributed by atoms with Gasteiger partial charge in [-0.15, -0.1) is 0 Å². The Morgan fingerprint density at radius 1 is 1.17 bits per heavy atom. The van der Waals surface area contributed by atoms with Crippen LogP contribution in [-0.2, 0) is 6.42 Å². The van der Waals surface area contributed by atoms with E-state index in [9.17, 15) is 0 Å². The molecule has 0 fully saturated rings. The van der Waals surface area contributed by atoms with E-state index in [2.05, 4.69) is 11.1 Å². The summed E-state index contributed by atoms with van der Waals surface area (Å²) in [7, 11) is 1.94. The molecule has 0 spiro atoms. The minimum atomic E-state index is 0.568. The summed E-state index contributed by atoms with van der Waals surface area (Å²) < 4.78 is 0. The Morgan fingerprint density at radius 3 is 2.48 bits per heavy atom. The van der Waals surface area contributed by atoms with Gasteiger partial charge in [0.05, 0.1) is 28.7 Å². The van der Waals surface area contributed by atoms with Crippen LogP contribution in [0.2, 0.25) is 10.0 Å². The lowest BCUT2D eigenvalue weighted by Crippen LogP contribution is -2.14. The summed E-state index contributed by atoms with van der Waals surface area (Å²) >= 11 is 12.7. The fourth-order valence-electron chi connectivity index (χ4n) is 1.97. The quantitative estimate of drug-likeness (QED) is 0.560. The Balaban J connectivity index is 2.22. The van der Waals surface area contributed by atoms with E-state index in [1.807, 2.05) is 37.1 Å². The zero-order chi connectivity index (χ0) is 16.8. The molecule has 0 saturated carbocycles. The number of nitrogens with zero attached hydrogens (tertiary/aromatic N) is 3. The molecular weight excluding hydrogens is 329 g/mol. The SMILES string of the molecule is CCN(C)C=Nc1cc(Cl)c(Cc2ccc(C#N)cc2)cc1Cl. The van der Waals surface area contributed by atoms with Crippen LogP contribution in [0, 0.1) is 11.3 Å². The number of rotatable bonds is 5. The smallest absolute Gasteiger partial charge is 0.0991 e. The van der Waals surface area contributed by atoms with Crippen molar-refractivity contribution in [2.24, 2.45) is 4.99 Å². The number of nitriles is 1. The Labute approximate surface area is 146 Å². The predicted octanol–water partition coefficient (Wildman–Crippen LogP) is 5.07. The molecule has 118 valence electrons. The van der Waals surface area contributed by atoms with Crippen LogP contribution in [0.4, 0.5) is 5.69 Å². The van der Waals surface area contributed by atoms with E-state index in [0.717, 1.165) is 17.7 Å². The summed E-state index contributed by atoms with van der Waals surface area (Å²) in [5, 5.41) is 10.0. The molecule has 0 bridgehead atoms. The van der Waals surface area contributed by atoms with Crippen molar-refractivity contribution >= 4 is 35.2 Å². The van der Waals surface area contributed by atoms with Gasteiger partial charge >= 0.3 is 0 Å². The largest absolute Gasteiger partial charge is 0.366 e. The van der Waals surface area contributed by atoms with Crippen molar-refractivity contribution in [3.63, 3.8) is 0 Å². The molecule has 0 aliphatic heterocycles. The fourth-order valence-corrected chi connectivity index (χ4v) is 2.43. The van der Waals surface area contributed by atoms with Crippen molar-refractivity contribution in [2.45, 2.75) is 13.3 Å². The Morgan fingerprint density at radius 2 is 1.87 bits per heavy atom. The van der Waals surface area contributed by atoms with Crippen LogP contribution in [0.5, 0.6) is 0 Å². The number of halogens is 2. The molecule has 0 N–H and O–H groups in total. The van der Waals surface area contributed by atoms with Gasteiger partial charge in [0.2, 0.25) is 0 Å². The first-order valence-corrected chi connectivity index (χ1v) is 8.00. The maximum Gasteiger partial charge on any atom is 0.0991 e. The molecule has 5 heteroatoms. The van der Waals surface area contributed by atoms with Gasteiger partial charge in [-0.25, -0.2) is 4.99 Å². The number of hydrogen-bond acceptors (Lipinski definition) is 2. The van der Waals surface area contributed by atoms with Gasteiger partial charge in [0.25, 0.3) is 0 Å². The minimum absolute atomic E-state index is 0.568. The second kappa shape index (κ2) is 8.01. The third-order valence-corrected chi connectivity index (χ3v) is 4.14. The molecule has 0 unspecified atom stereocenters. The summed E-state index contributed by atoms with van der Waals surface area (Å²) in [6.07, 6.45) is 2.39. The normalized spacial score (nSPS) is 10.7. The molecule has 23 heavy (non-hydrogen) atoms. The van der Waals surface area contributed by atoms with E-state index in [4.69, 9.17) is 28.5 Å². The molecule has 0 aliphatic rings. The topological polar surface area (TPSA) is 39.4 Å². The monoisotopic (exact) mass is 345 g/mol. The summed E-state index contributed by atoms with van der Waals surface area (Å²) in [4.78, 5) is 6.31. The summed E-state index contributed by atoms with van der Waals surface area (Å²) in [5.41, 5.74) is 3.30. The first-order chi connectivity index (χ1) is 11.0. The van der Waals surface area contributed by atoms with Crippen molar-refractivity contribution in [2.75, 3.05) is 13.6 Å². The first-order valence-electron chi connectivity index (χ1n) is 7.25. The van der Waals surface area contributed by atoms with Crippen molar-refractivity contribution < 1.29 is 0 Å². The van der Waals surface area contributed by atoms with E-state index < -0.39 is 0 Å². The zero-order valence-electron chi connectivity index (χ0n) is 13.1. The average Bonchev–Trinajstić information content (AvgIpc) is 2.57. The van der Waals surface area contributed by atoms with Gasteiger partial charge < -0.3 is 4.90 Å². The van der Waals surface area contributed by atoms with Crippen LogP contribution >= 0.6 is 23.2 Å². The molecular formula is C18H17Cl2N3. The zero-order valence-corrected chi connectivity index (χ0v) is 14.6. The molecule has 2 aromatic carbocycles. The maximum atomic E-state index is 8.83. The molecule has 0 saturated heterocycles. The van der Waals surface area contributed by atoms with Crippen molar-refractivity contribution in [1.82, 2.24) is 4.90 Å². The van der Waals surface area contributed by atoms with Gasteiger partial charge in [0, 0.05) is 18.6 Å². The highest BCUT2D eigenvalue weighted by Crippen LogP contribution is 2.32. The Hall–Kier alpha value is -2.02. The van der Waals surface area contributed by atoms with Crippen LogP contribution in [0.15, 0.2) is 41.4 Å². The van der Waals surface area contributed by atoms with E-state index in [1.165, 1.54) is 0 Å². The second-order valence-corrected chi connectivity index (χ2v) is 6.01. The summed E-state index contributed by atoms with van der Waals surface area (Å²) in [6.45, 7) is 2.91. The maximum absolute atomic E-state index is 8.83. The molecule has 0 heterocycles. The lowest BCUT2D eigenvalue weighted by atomic mass is 10.0. The minimum Gasteiger partial charge on any atom is -0.366 e. The molecule has 0 aromatic heterocycles. The second-order valence-electron chi connectivity index (χ2n) is 5.20. The molecule has 0 atom stereocenters. The predicted molar refractivity (Wildman–Crippen MR) is 96.9 cm³/mol. The van der Waals surface area contributed by atoms with Gasteiger partial charge in [-0.2, -0.15) is 5.26 Å². The molecule has 2 aromatic rings. The van der Waals surface area contributed by atoms with Gasteiger partial charge in [0.15, 0.2) is 0 Å². The van der Waals surface area contributed by atoms with Crippen LogP contribution < -0.4 is 0 Å². The number of benzene rings is 2. The third kappa shape index (κ3) is 4.72.